The van der Waals surface area contributed by atoms with Gasteiger partial charge in [0.15, 0.2) is 0 Å². The molecule has 3 unspecified atom stereocenters. The van der Waals surface area contributed by atoms with Crippen LogP contribution in [0.3, 0.4) is 0 Å². The van der Waals surface area contributed by atoms with Gasteiger partial charge in [-0.15, -0.1) is 0 Å². The van der Waals surface area contributed by atoms with Crippen molar-refractivity contribution in [3.8, 4) is 0 Å². The van der Waals surface area contributed by atoms with Crippen molar-refractivity contribution in [3.05, 3.63) is 34.4 Å². The van der Waals surface area contributed by atoms with Crippen LogP contribution in [0.2, 0.25) is 0 Å². The van der Waals surface area contributed by atoms with Gasteiger partial charge in [0.25, 0.3) is 0 Å². The highest BCUT2D eigenvalue weighted by molar-refractivity contribution is 5.79. The second-order valence-corrected chi connectivity index (χ2v) is 11.4. The summed E-state index contributed by atoms with van der Waals surface area (Å²) in [5, 5.41) is 14.3. The van der Waals surface area contributed by atoms with Crippen molar-refractivity contribution in [1.29, 1.82) is 0 Å². The van der Waals surface area contributed by atoms with Crippen LogP contribution in [-0.4, -0.2) is 29.6 Å². The molecule has 1 aliphatic heterocycles. The van der Waals surface area contributed by atoms with E-state index in [0.717, 1.165) is 32.2 Å². The van der Waals surface area contributed by atoms with Gasteiger partial charge in [-0.2, -0.15) is 0 Å². The maximum Gasteiger partial charge on any atom is 0.133 e. The third-order valence-corrected chi connectivity index (χ3v) is 9.80. The van der Waals surface area contributed by atoms with Gasteiger partial charge in [-0.05, 0) is 103 Å². The third kappa shape index (κ3) is 3.11. The summed E-state index contributed by atoms with van der Waals surface area (Å²) >= 11 is 0. The number of carbonyl (C=O) groups excluding carboxylic acids is 1. The molecule has 1 saturated heterocycles. The first kappa shape index (κ1) is 20.7. The number of nitrogens with one attached hydrogen (secondary N) is 1. The molecule has 0 bridgehead atoms. The first-order valence-electron chi connectivity index (χ1n) is 12.3. The number of fused-ring (bicyclic) bond motifs is 5. The Morgan fingerprint density at radius 3 is 2.80 bits per heavy atom. The second kappa shape index (κ2) is 7.45. The molecule has 30 heavy (non-hydrogen) atoms. The number of piperidine rings is 1. The molecule has 3 aliphatic carbocycles. The lowest BCUT2D eigenvalue weighted by Crippen LogP contribution is -2.50. The Labute approximate surface area is 182 Å². The zero-order chi connectivity index (χ0) is 21.2. The largest absolute Gasteiger partial charge is 0.391 e. The summed E-state index contributed by atoms with van der Waals surface area (Å²) in [4.78, 5) is 12.1. The lowest BCUT2D eigenvalue weighted by molar-refractivity contribution is -0.128. The summed E-state index contributed by atoms with van der Waals surface area (Å²) in [6.07, 6.45) is 6.98. The van der Waals surface area contributed by atoms with Crippen molar-refractivity contribution in [2.75, 3.05) is 6.54 Å². The molecule has 5 rings (SSSR count). The molecule has 0 spiro atoms. The molecule has 0 radical (unpaired) electrons. The number of ketones is 1. The van der Waals surface area contributed by atoms with Crippen LogP contribution in [-0.2, 0) is 11.2 Å². The minimum Gasteiger partial charge on any atom is -0.391 e. The summed E-state index contributed by atoms with van der Waals surface area (Å²) in [5.41, 5.74) is 6.39. The fourth-order valence-electron chi connectivity index (χ4n) is 7.88. The van der Waals surface area contributed by atoms with Crippen LogP contribution in [0.4, 0.5) is 0 Å². The molecule has 2 saturated carbocycles. The maximum absolute atomic E-state index is 12.1. The summed E-state index contributed by atoms with van der Waals surface area (Å²) in [7, 11) is 0. The van der Waals surface area contributed by atoms with Crippen molar-refractivity contribution >= 4 is 5.78 Å². The van der Waals surface area contributed by atoms with Gasteiger partial charge in [-0.25, -0.2) is 0 Å². The van der Waals surface area contributed by atoms with E-state index in [1.165, 1.54) is 30.4 Å². The standard InChI is InChI=1S/C27H39NO2/c1-15-11-25(30)26(28-14-15)17(3)20-7-8-21-22-6-5-18-12-19(29)9-10-27(18,4)24(22)13-23(21)16(20)2/h7-8,15,17-18,22,24-26,28,30H,5-6,9-14H2,1-4H3/t15-,17-,18?,22?,24?,25+,26-,27-/m0/s1. The predicted octanol–water partition coefficient (Wildman–Crippen LogP) is 4.88. The van der Waals surface area contributed by atoms with Crippen LogP contribution >= 0.6 is 0 Å². The topological polar surface area (TPSA) is 49.3 Å². The Kier molecular flexibility index (Phi) is 5.14. The van der Waals surface area contributed by atoms with Crippen LogP contribution < -0.4 is 5.32 Å². The molecule has 0 aromatic heterocycles. The molecular formula is C27H39NO2. The number of hydrogen-bond acceptors (Lipinski definition) is 3. The minimum atomic E-state index is -0.265. The Balaban J connectivity index is 1.43. The SMILES string of the molecule is Cc1c([C@H](C)[C@@H]2NC[C@@H](C)C[C@H]2O)ccc2c1CC1C2CCC2CC(=O)CC[C@@]21C. The van der Waals surface area contributed by atoms with Crippen molar-refractivity contribution in [2.24, 2.45) is 23.2 Å². The molecule has 1 heterocycles. The summed E-state index contributed by atoms with van der Waals surface area (Å²) in [6, 6.07) is 4.94. The van der Waals surface area contributed by atoms with E-state index in [1.807, 2.05) is 0 Å². The smallest absolute Gasteiger partial charge is 0.133 e. The number of benzene rings is 1. The quantitative estimate of drug-likeness (QED) is 0.732. The van der Waals surface area contributed by atoms with E-state index in [0.29, 0.717) is 40.8 Å². The molecule has 164 valence electrons. The van der Waals surface area contributed by atoms with E-state index in [2.05, 4.69) is 45.1 Å². The molecule has 3 nitrogen and oxygen atoms in total. The van der Waals surface area contributed by atoms with Crippen LogP contribution in [0.1, 0.15) is 93.4 Å². The van der Waals surface area contributed by atoms with Gasteiger partial charge in [-0.1, -0.05) is 32.9 Å². The summed E-state index contributed by atoms with van der Waals surface area (Å²) in [5.74, 6) is 3.32. The predicted molar refractivity (Wildman–Crippen MR) is 121 cm³/mol. The number of Topliss-reactive ketones (excluding diaryl/α,β-unsaturated/α-hetero) is 1. The lowest BCUT2D eigenvalue weighted by atomic mass is 9.52. The average Bonchev–Trinajstić information content (AvgIpc) is 3.09. The highest BCUT2D eigenvalue weighted by atomic mass is 16.3. The number of hydrogen-bond donors (Lipinski definition) is 2. The van der Waals surface area contributed by atoms with Crippen molar-refractivity contribution in [2.45, 2.75) is 96.6 Å². The number of rotatable bonds is 2. The minimum absolute atomic E-state index is 0.146. The molecule has 2 N–H and O–H groups in total. The fraction of sp³-hybridized carbons (Fsp3) is 0.741. The van der Waals surface area contributed by atoms with Crippen LogP contribution in [0.5, 0.6) is 0 Å². The number of aliphatic hydroxyl groups is 1. The van der Waals surface area contributed by atoms with Gasteiger partial charge in [0.1, 0.15) is 5.78 Å². The first-order chi connectivity index (χ1) is 14.3. The van der Waals surface area contributed by atoms with Crippen LogP contribution in [0.25, 0.3) is 0 Å². The van der Waals surface area contributed by atoms with E-state index < -0.39 is 0 Å². The van der Waals surface area contributed by atoms with E-state index in [9.17, 15) is 9.90 Å². The van der Waals surface area contributed by atoms with E-state index >= 15 is 0 Å². The lowest BCUT2D eigenvalue weighted by Gasteiger charge is -2.51. The molecule has 3 fully saturated rings. The first-order valence-corrected chi connectivity index (χ1v) is 12.3. The Morgan fingerprint density at radius 1 is 1.23 bits per heavy atom. The summed E-state index contributed by atoms with van der Waals surface area (Å²) < 4.78 is 0. The van der Waals surface area contributed by atoms with Gasteiger partial charge >= 0.3 is 0 Å². The Hall–Kier alpha value is -1.19. The van der Waals surface area contributed by atoms with Gasteiger partial charge in [0.05, 0.1) is 6.10 Å². The van der Waals surface area contributed by atoms with Crippen molar-refractivity contribution < 1.29 is 9.90 Å². The molecular weight excluding hydrogens is 370 g/mol. The van der Waals surface area contributed by atoms with E-state index in [1.54, 1.807) is 11.1 Å². The molecule has 1 aromatic rings. The highest BCUT2D eigenvalue weighted by Crippen LogP contribution is 2.61. The zero-order valence-corrected chi connectivity index (χ0v) is 19.2. The molecule has 4 aliphatic rings. The molecule has 0 amide bonds. The van der Waals surface area contributed by atoms with Crippen LogP contribution in [0, 0.1) is 30.1 Å². The maximum atomic E-state index is 12.1. The molecule has 8 atom stereocenters. The fourth-order valence-corrected chi connectivity index (χ4v) is 7.88. The van der Waals surface area contributed by atoms with Gasteiger partial charge in [0, 0.05) is 18.9 Å². The Morgan fingerprint density at radius 2 is 2.03 bits per heavy atom. The monoisotopic (exact) mass is 409 g/mol. The second-order valence-electron chi connectivity index (χ2n) is 11.4. The van der Waals surface area contributed by atoms with E-state index in [-0.39, 0.29) is 12.1 Å². The van der Waals surface area contributed by atoms with Crippen molar-refractivity contribution in [1.82, 2.24) is 5.32 Å². The number of carbonyl (C=O) groups is 1. The molecule has 3 heteroatoms. The molecule has 1 aromatic carbocycles. The zero-order valence-electron chi connectivity index (χ0n) is 19.2. The van der Waals surface area contributed by atoms with Crippen molar-refractivity contribution in [3.63, 3.8) is 0 Å². The van der Waals surface area contributed by atoms with Gasteiger partial charge in [-0.3, -0.25) is 4.79 Å². The van der Waals surface area contributed by atoms with Crippen LogP contribution in [0.15, 0.2) is 12.1 Å². The van der Waals surface area contributed by atoms with Gasteiger partial charge < -0.3 is 10.4 Å². The normalized spacial score (nSPS) is 41.7. The van der Waals surface area contributed by atoms with E-state index in [4.69, 9.17) is 0 Å². The average molecular weight is 410 g/mol. The third-order valence-electron chi connectivity index (χ3n) is 9.80. The highest BCUT2D eigenvalue weighted by Gasteiger charge is 2.53. The number of aliphatic hydroxyl groups excluding tert-OH is 1. The van der Waals surface area contributed by atoms with Gasteiger partial charge in [0.2, 0.25) is 0 Å². The summed E-state index contributed by atoms with van der Waals surface area (Å²) in [6.45, 7) is 10.3. The Bertz CT molecular complexity index is 848.